The maximum atomic E-state index is 13.1. The van der Waals surface area contributed by atoms with E-state index in [1.54, 1.807) is 12.1 Å². The summed E-state index contributed by atoms with van der Waals surface area (Å²) in [6, 6.07) is 7.32. The van der Waals surface area contributed by atoms with Gasteiger partial charge in [0.25, 0.3) is 0 Å². The Hall–Kier alpha value is -1.09. The molecule has 0 amide bonds. The smallest absolute Gasteiger partial charge is 0.125 e. The molecule has 16 heavy (non-hydrogen) atoms. The summed E-state index contributed by atoms with van der Waals surface area (Å²) in [6.45, 7) is 3.64. The molecular formula is C13H17FN2. The molecule has 1 aromatic carbocycles. The molecular weight excluding hydrogens is 203 g/mol. The van der Waals surface area contributed by atoms with E-state index < -0.39 is 0 Å². The number of hydrogen-bond acceptors (Lipinski definition) is 2. The molecule has 2 bridgehead atoms. The standard InChI is InChI=1S/C13H17FN2/c14-11-2-1-3-12(8-11)15-13-5-7-16-6-4-10(13)9-16/h1-3,8,10,13,15H,4-7,9H2. The molecule has 3 heteroatoms. The predicted octanol–water partition coefficient (Wildman–Crippen LogP) is 2.33. The first kappa shape index (κ1) is 10.1. The first-order chi connectivity index (χ1) is 7.81. The van der Waals surface area contributed by atoms with Crippen molar-refractivity contribution in [3.05, 3.63) is 30.1 Å². The first-order valence-electron chi connectivity index (χ1n) is 6.06. The molecule has 2 saturated heterocycles. The number of rotatable bonds is 2. The molecule has 2 fully saturated rings. The van der Waals surface area contributed by atoms with E-state index in [0.29, 0.717) is 6.04 Å². The van der Waals surface area contributed by atoms with Gasteiger partial charge in [-0.05, 0) is 43.5 Å². The molecule has 0 aliphatic carbocycles. The van der Waals surface area contributed by atoms with Gasteiger partial charge in [-0.15, -0.1) is 0 Å². The van der Waals surface area contributed by atoms with Crippen molar-refractivity contribution in [3.8, 4) is 0 Å². The van der Waals surface area contributed by atoms with Gasteiger partial charge in [-0.1, -0.05) is 6.07 Å². The molecule has 0 aromatic heterocycles. The van der Waals surface area contributed by atoms with E-state index in [0.717, 1.165) is 11.6 Å². The summed E-state index contributed by atoms with van der Waals surface area (Å²) >= 11 is 0. The number of anilines is 1. The maximum Gasteiger partial charge on any atom is 0.125 e. The van der Waals surface area contributed by atoms with Crippen LogP contribution in [0.25, 0.3) is 0 Å². The fourth-order valence-corrected chi connectivity index (χ4v) is 2.93. The summed E-state index contributed by atoms with van der Waals surface area (Å²) in [6.07, 6.45) is 2.47. The van der Waals surface area contributed by atoms with Gasteiger partial charge in [-0.25, -0.2) is 4.39 Å². The molecule has 2 heterocycles. The van der Waals surface area contributed by atoms with Crippen LogP contribution >= 0.6 is 0 Å². The highest BCUT2D eigenvalue weighted by molar-refractivity contribution is 5.44. The van der Waals surface area contributed by atoms with Gasteiger partial charge >= 0.3 is 0 Å². The van der Waals surface area contributed by atoms with Crippen molar-refractivity contribution in [1.29, 1.82) is 0 Å². The zero-order chi connectivity index (χ0) is 11.0. The lowest BCUT2D eigenvalue weighted by Crippen LogP contribution is -2.39. The van der Waals surface area contributed by atoms with Crippen LogP contribution in [0, 0.1) is 11.7 Å². The maximum absolute atomic E-state index is 13.1. The Morgan fingerprint density at radius 1 is 1.25 bits per heavy atom. The largest absolute Gasteiger partial charge is 0.382 e. The Morgan fingerprint density at radius 2 is 2.12 bits per heavy atom. The number of piperidine rings is 1. The van der Waals surface area contributed by atoms with Crippen molar-refractivity contribution in [1.82, 2.24) is 4.90 Å². The minimum absolute atomic E-state index is 0.158. The molecule has 2 aliphatic heterocycles. The molecule has 0 saturated carbocycles. The molecule has 3 atom stereocenters. The topological polar surface area (TPSA) is 15.3 Å². The fourth-order valence-electron chi connectivity index (χ4n) is 2.93. The van der Waals surface area contributed by atoms with Crippen molar-refractivity contribution in [2.45, 2.75) is 18.9 Å². The van der Waals surface area contributed by atoms with Crippen LogP contribution in [0.4, 0.5) is 10.1 Å². The number of hydrogen-bond donors (Lipinski definition) is 1. The Labute approximate surface area is 95.4 Å². The quantitative estimate of drug-likeness (QED) is 0.823. The van der Waals surface area contributed by atoms with Gasteiger partial charge in [0.05, 0.1) is 0 Å². The van der Waals surface area contributed by atoms with Crippen LogP contribution in [0.15, 0.2) is 24.3 Å². The highest BCUT2D eigenvalue weighted by Crippen LogP contribution is 2.29. The molecule has 2 aliphatic rings. The lowest BCUT2D eigenvalue weighted by atomic mass is 9.94. The van der Waals surface area contributed by atoms with Gasteiger partial charge in [0.2, 0.25) is 0 Å². The number of benzene rings is 1. The van der Waals surface area contributed by atoms with Crippen molar-refractivity contribution < 1.29 is 4.39 Å². The van der Waals surface area contributed by atoms with Crippen molar-refractivity contribution in [2.75, 3.05) is 25.0 Å². The average Bonchev–Trinajstić information content (AvgIpc) is 2.66. The third kappa shape index (κ3) is 1.92. The van der Waals surface area contributed by atoms with Crippen molar-refractivity contribution in [2.24, 2.45) is 5.92 Å². The van der Waals surface area contributed by atoms with E-state index in [4.69, 9.17) is 0 Å². The summed E-state index contributed by atoms with van der Waals surface area (Å²) in [5.41, 5.74) is 0.922. The van der Waals surface area contributed by atoms with Crippen LogP contribution in [-0.4, -0.2) is 30.6 Å². The van der Waals surface area contributed by atoms with Gasteiger partial charge in [-0.2, -0.15) is 0 Å². The van der Waals surface area contributed by atoms with E-state index in [1.165, 1.54) is 38.5 Å². The van der Waals surface area contributed by atoms with E-state index in [-0.39, 0.29) is 5.82 Å². The second kappa shape index (κ2) is 4.06. The minimum atomic E-state index is -0.158. The average molecular weight is 220 g/mol. The molecule has 1 N–H and O–H groups in total. The SMILES string of the molecule is Fc1cccc(NC2CCN3CCC2C3)c1. The summed E-state index contributed by atoms with van der Waals surface area (Å²) < 4.78 is 13.1. The highest BCUT2D eigenvalue weighted by Gasteiger charge is 2.33. The van der Waals surface area contributed by atoms with E-state index >= 15 is 0 Å². The van der Waals surface area contributed by atoms with Gasteiger partial charge in [-0.3, -0.25) is 0 Å². The van der Waals surface area contributed by atoms with Crippen LogP contribution < -0.4 is 5.32 Å². The zero-order valence-electron chi connectivity index (χ0n) is 9.32. The van der Waals surface area contributed by atoms with Crippen molar-refractivity contribution >= 4 is 5.69 Å². The Bertz CT molecular complexity index is 380. The molecule has 2 nitrogen and oxygen atoms in total. The number of nitrogens with one attached hydrogen (secondary N) is 1. The summed E-state index contributed by atoms with van der Waals surface area (Å²) in [7, 11) is 0. The number of fused-ring (bicyclic) bond motifs is 2. The van der Waals surface area contributed by atoms with Crippen LogP contribution in [0.3, 0.4) is 0 Å². The predicted molar refractivity (Wildman–Crippen MR) is 63.0 cm³/mol. The normalized spacial score (nSPS) is 32.7. The Kier molecular flexibility index (Phi) is 2.56. The zero-order valence-corrected chi connectivity index (χ0v) is 9.32. The monoisotopic (exact) mass is 220 g/mol. The lowest BCUT2D eigenvalue weighted by molar-refractivity contribution is 0.255. The van der Waals surface area contributed by atoms with Gasteiger partial charge in [0.15, 0.2) is 0 Å². The van der Waals surface area contributed by atoms with E-state index in [9.17, 15) is 4.39 Å². The second-order valence-corrected chi connectivity index (χ2v) is 4.90. The second-order valence-electron chi connectivity index (χ2n) is 4.90. The number of halogens is 1. The minimum Gasteiger partial charge on any atom is -0.382 e. The van der Waals surface area contributed by atoms with E-state index in [1.807, 2.05) is 6.07 Å². The van der Waals surface area contributed by atoms with Gasteiger partial charge in [0.1, 0.15) is 5.82 Å². The lowest BCUT2D eigenvalue weighted by Gasteiger charge is -2.31. The first-order valence-corrected chi connectivity index (χ1v) is 6.06. The van der Waals surface area contributed by atoms with E-state index in [2.05, 4.69) is 10.2 Å². The fraction of sp³-hybridized carbons (Fsp3) is 0.538. The molecule has 3 unspecified atom stereocenters. The molecule has 1 aromatic rings. The highest BCUT2D eigenvalue weighted by atomic mass is 19.1. The van der Waals surface area contributed by atoms with Crippen molar-refractivity contribution in [3.63, 3.8) is 0 Å². The molecule has 0 radical (unpaired) electrons. The Morgan fingerprint density at radius 3 is 3.00 bits per heavy atom. The third-order valence-corrected chi connectivity index (χ3v) is 3.81. The van der Waals surface area contributed by atoms with Crippen LogP contribution in [-0.2, 0) is 0 Å². The van der Waals surface area contributed by atoms with Gasteiger partial charge in [0, 0.05) is 24.8 Å². The van der Waals surface area contributed by atoms with Gasteiger partial charge < -0.3 is 10.2 Å². The van der Waals surface area contributed by atoms with Crippen LogP contribution in [0.2, 0.25) is 0 Å². The number of nitrogens with zero attached hydrogens (tertiary/aromatic N) is 1. The Balaban J connectivity index is 1.70. The summed E-state index contributed by atoms with van der Waals surface area (Å²) in [4.78, 5) is 2.52. The molecule has 3 rings (SSSR count). The molecule has 86 valence electrons. The van der Waals surface area contributed by atoms with Crippen LogP contribution in [0.1, 0.15) is 12.8 Å². The third-order valence-electron chi connectivity index (χ3n) is 3.81. The molecule has 0 spiro atoms. The summed E-state index contributed by atoms with van der Waals surface area (Å²) in [5.74, 6) is 0.589. The van der Waals surface area contributed by atoms with Crippen LogP contribution in [0.5, 0.6) is 0 Å². The summed E-state index contributed by atoms with van der Waals surface area (Å²) in [5, 5.41) is 3.48.